The zero-order chi connectivity index (χ0) is 24.4. The number of anilines is 1. The standard InChI is InChI=1S/C26H21N5O4/c1-35-17-12-10-16(11-13-17)23-22-24(30-29-23)18-8-5-9-19(21(18)25(22)33)27-26(34)31-28-20(32)14-15-6-3-2-4-7-15/h2-13,24H,14H2,1H3,(H,28,32)(H2,27,31,34). The number of hydrazine groups is 1. The Morgan fingerprint density at radius 1 is 0.943 bits per heavy atom. The molecule has 5 rings (SSSR count). The van der Waals surface area contributed by atoms with Crippen LogP contribution in [0.15, 0.2) is 88.6 Å². The number of hydrogen-bond acceptors (Lipinski definition) is 6. The molecule has 0 fully saturated rings. The SMILES string of the molecule is COc1ccc(C2=C3C(=O)c4c(NC(=O)NNC(=O)Cc5ccccc5)cccc4C3N=N2)cc1. The zero-order valence-corrected chi connectivity index (χ0v) is 18.7. The van der Waals surface area contributed by atoms with E-state index in [1.54, 1.807) is 37.4 Å². The van der Waals surface area contributed by atoms with E-state index in [9.17, 15) is 14.4 Å². The maximum atomic E-state index is 13.4. The number of benzene rings is 3. The highest BCUT2D eigenvalue weighted by atomic mass is 16.5. The van der Waals surface area contributed by atoms with E-state index < -0.39 is 12.1 Å². The summed E-state index contributed by atoms with van der Waals surface area (Å²) in [5, 5.41) is 11.2. The maximum Gasteiger partial charge on any atom is 0.337 e. The van der Waals surface area contributed by atoms with Crippen LogP contribution in [0.25, 0.3) is 5.70 Å². The van der Waals surface area contributed by atoms with Crippen molar-refractivity contribution in [2.24, 2.45) is 10.2 Å². The summed E-state index contributed by atoms with van der Waals surface area (Å²) >= 11 is 0. The Bertz CT molecular complexity index is 1380. The van der Waals surface area contributed by atoms with Crippen molar-refractivity contribution in [2.75, 3.05) is 12.4 Å². The molecular formula is C26H21N5O4. The maximum absolute atomic E-state index is 13.4. The largest absolute Gasteiger partial charge is 0.497 e. The molecular weight excluding hydrogens is 446 g/mol. The average Bonchev–Trinajstić information content (AvgIpc) is 3.44. The van der Waals surface area contributed by atoms with Gasteiger partial charge < -0.3 is 10.1 Å². The van der Waals surface area contributed by atoms with E-state index in [2.05, 4.69) is 26.4 Å². The van der Waals surface area contributed by atoms with Gasteiger partial charge >= 0.3 is 6.03 Å². The fourth-order valence-corrected chi connectivity index (χ4v) is 4.16. The number of rotatable bonds is 5. The monoisotopic (exact) mass is 467 g/mol. The molecule has 0 bridgehead atoms. The molecule has 1 unspecified atom stereocenters. The lowest BCUT2D eigenvalue weighted by atomic mass is 10.0. The van der Waals surface area contributed by atoms with Crippen molar-refractivity contribution in [3.05, 3.63) is 101 Å². The average molecular weight is 467 g/mol. The molecule has 1 atom stereocenters. The summed E-state index contributed by atoms with van der Waals surface area (Å²) in [4.78, 5) is 38.0. The second-order valence-corrected chi connectivity index (χ2v) is 8.00. The number of carbonyl (C=O) groups is 3. The smallest absolute Gasteiger partial charge is 0.337 e. The summed E-state index contributed by atoms with van der Waals surface area (Å²) in [5.74, 6) is 0.0787. The van der Waals surface area contributed by atoms with E-state index in [-0.39, 0.29) is 18.1 Å². The number of azo groups is 1. The number of ketones is 1. The minimum atomic E-state index is -0.671. The Kier molecular flexibility index (Phi) is 5.80. The third kappa shape index (κ3) is 4.26. The fraction of sp³-hybridized carbons (Fsp3) is 0.115. The zero-order valence-electron chi connectivity index (χ0n) is 18.7. The first-order chi connectivity index (χ1) is 17.0. The molecule has 0 spiro atoms. The normalized spacial score (nSPS) is 15.5. The van der Waals surface area contributed by atoms with Crippen molar-refractivity contribution in [1.29, 1.82) is 0 Å². The third-order valence-corrected chi connectivity index (χ3v) is 5.80. The van der Waals surface area contributed by atoms with E-state index >= 15 is 0 Å². The third-order valence-electron chi connectivity index (χ3n) is 5.80. The molecule has 1 aliphatic carbocycles. The number of nitrogens with zero attached hydrogens (tertiary/aromatic N) is 2. The molecule has 3 aromatic rings. The van der Waals surface area contributed by atoms with Crippen LogP contribution in [0, 0.1) is 0 Å². The van der Waals surface area contributed by atoms with Crippen LogP contribution in [0.5, 0.6) is 5.75 Å². The number of ether oxygens (including phenoxy) is 1. The lowest BCUT2D eigenvalue weighted by molar-refractivity contribution is -0.121. The second-order valence-electron chi connectivity index (χ2n) is 8.00. The van der Waals surface area contributed by atoms with Crippen LogP contribution in [0.1, 0.15) is 33.1 Å². The first-order valence-electron chi connectivity index (χ1n) is 10.9. The van der Waals surface area contributed by atoms with Gasteiger partial charge in [0.15, 0.2) is 5.78 Å². The minimum absolute atomic E-state index is 0.120. The number of amides is 3. The van der Waals surface area contributed by atoms with Crippen molar-refractivity contribution in [2.45, 2.75) is 12.5 Å². The quantitative estimate of drug-likeness (QED) is 0.487. The number of nitrogens with one attached hydrogen (secondary N) is 3. The second kappa shape index (κ2) is 9.22. The van der Waals surface area contributed by atoms with E-state index in [4.69, 9.17) is 4.74 Å². The molecule has 9 nitrogen and oxygen atoms in total. The molecule has 0 saturated heterocycles. The molecule has 35 heavy (non-hydrogen) atoms. The summed E-state index contributed by atoms with van der Waals surface area (Å²) in [7, 11) is 1.58. The van der Waals surface area contributed by atoms with Crippen LogP contribution in [0.4, 0.5) is 10.5 Å². The topological polar surface area (TPSA) is 121 Å². The Balaban J connectivity index is 1.31. The highest BCUT2D eigenvalue weighted by Gasteiger charge is 2.42. The van der Waals surface area contributed by atoms with Crippen LogP contribution in [-0.2, 0) is 11.2 Å². The first kappa shape index (κ1) is 22.0. The Hall–Kier alpha value is -4.79. The van der Waals surface area contributed by atoms with Gasteiger partial charge in [-0.25, -0.2) is 10.2 Å². The van der Waals surface area contributed by atoms with E-state index in [1.165, 1.54) is 0 Å². The van der Waals surface area contributed by atoms with Crippen molar-refractivity contribution < 1.29 is 19.1 Å². The molecule has 3 N–H and O–H groups in total. The van der Waals surface area contributed by atoms with Crippen molar-refractivity contribution >= 4 is 29.1 Å². The Labute approximate surface area is 200 Å². The van der Waals surface area contributed by atoms with Gasteiger partial charge in [-0.05, 0) is 41.5 Å². The summed E-state index contributed by atoms with van der Waals surface area (Å²) in [6, 6.07) is 20.4. The molecule has 3 amide bonds. The van der Waals surface area contributed by atoms with Crippen LogP contribution in [-0.4, -0.2) is 24.8 Å². The Morgan fingerprint density at radius 2 is 1.71 bits per heavy atom. The summed E-state index contributed by atoms with van der Waals surface area (Å²) in [6.07, 6.45) is 0.120. The van der Waals surface area contributed by atoms with E-state index in [1.807, 2.05) is 42.5 Å². The molecule has 1 aliphatic heterocycles. The van der Waals surface area contributed by atoms with Crippen LogP contribution < -0.4 is 20.9 Å². The van der Waals surface area contributed by atoms with Gasteiger partial charge in [0.1, 0.15) is 17.5 Å². The molecule has 1 heterocycles. The van der Waals surface area contributed by atoms with Crippen LogP contribution in [0.2, 0.25) is 0 Å². The Morgan fingerprint density at radius 3 is 2.46 bits per heavy atom. The summed E-state index contributed by atoms with van der Waals surface area (Å²) in [6.45, 7) is 0. The first-order valence-corrected chi connectivity index (χ1v) is 10.9. The summed E-state index contributed by atoms with van der Waals surface area (Å²) < 4.78 is 5.20. The van der Waals surface area contributed by atoms with Gasteiger partial charge in [0, 0.05) is 5.56 Å². The van der Waals surface area contributed by atoms with Crippen molar-refractivity contribution in [1.82, 2.24) is 10.9 Å². The number of methoxy groups -OCH3 is 1. The molecule has 0 aromatic heterocycles. The van der Waals surface area contributed by atoms with Crippen LogP contribution >= 0.6 is 0 Å². The van der Waals surface area contributed by atoms with Gasteiger partial charge in [0.05, 0.1) is 30.4 Å². The molecule has 0 saturated carbocycles. The molecule has 0 radical (unpaired) electrons. The highest BCUT2D eigenvalue weighted by Crippen LogP contribution is 2.48. The number of urea groups is 1. The van der Waals surface area contributed by atoms with Gasteiger partial charge in [0.2, 0.25) is 5.91 Å². The van der Waals surface area contributed by atoms with Gasteiger partial charge in [0.25, 0.3) is 0 Å². The predicted molar refractivity (Wildman–Crippen MR) is 129 cm³/mol. The molecule has 9 heteroatoms. The molecule has 174 valence electrons. The van der Waals surface area contributed by atoms with Crippen LogP contribution in [0.3, 0.4) is 0 Å². The number of carbonyl (C=O) groups excluding carboxylic acids is 3. The van der Waals surface area contributed by atoms with E-state index in [0.717, 1.165) is 11.1 Å². The van der Waals surface area contributed by atoms with Crippen molar-refractivity contribution in [3.8, 4) is 5.75 Å². The fourth-order valence-electron chi connectivity index (χ4n) is 4.16. The number of Topliss-reactive ketones (excluding diaryl/α,β-unsaturated/α-hetero) is 1. The van der Waals surface area contributed by atoms with Gasteiger partial charge in [-0.2, -0.15) is 10.2 Å². The lowest BCUT2D eigenvalue weighted by Crippen LogP contribution is -2.44. The molecule has 2 aliphatic rings. The lowest BCUT2D eigenvalue weighted by Gasteiger charge is -2.12. The van der Waals surface area contributed by atoms with Gasteiger partial charge in [-0.15, -0.1) is 0 Å². The molecule has 3 aromatic carbocycles. The number of fused-ring (bicyclic) bond motifs is 3. The summed E-state index contributed by atoms with van der Waals surface area (Å²) in [5.41, 5.74) is 8.60. The van der Waals surface area contributed by atoms with Gasteiger partial charge in [-0.1, -0.05) is 42.5 Å². The predicted octanol–water partition coefficient (Wildman–Crippen LogP) is 4.21. The highest BCUT2D eigenvalue weighted by molar-refractivity contribution is 6.22. The van der Waals surface area contributed by atoms with Gasteiger partial charge in [-0.3, -0.25) is 15.0 Å². The number of hydrogen-bond donors (Lipinski definition) is 3. The van der Waals surface area contributed by atoms with E-state index in [0.29, 0.717) is 33.8 Å². The minimum Gasteiger partial charge on any atom is -0.497 e. The van der Waals surface area contributed by atoms with Crippen molar-refractivity contribution in [3.63, 3.8) is 0 Å².